The number of nitrogens with zero attached hydrogens (tertiary/aromatic N) is 2. The van der Waals surface area contributed by atoms with Gasteiger partial charge in [-0.15, -0.1) is 11.3 Å². The van der Waals surface area contributed by atoms with Crippen molar-refractivity contribution in [1.29, 1.82) is 0 Å². The van der Waals surface area contributed by atoms with E-state index in [1.165, 1.54) is 10.3 Å². The Bertz CT molecular complexity index is 432. The van der Waals surface area contributed by atoms with E-state index in [0.29, 0.717) is 5.92 Å². The normalized spacial score (nSPS) is 10.3. The minimum atomic E-state index is 0.582. The molecule has 0 atom stereocenters. The van der Waals surface area contributed by atoms with Crippen LogP contribution in [0.1, 0.15) is 44.2 Å². The van der Waals surface area contributed by atoms with Crippen molar-refractivity contribution in [1.82, 2.24) is 9.97 Å². The Morgan fingerprint density at radius 1 is 1.20 bits per heavy atom. The van der Waals surface area contributed by atoms with Crippen molar-refractivity contribution in [3.8, 4) is 0 Å². The molecule has 0 aromatic carbocycles. The maximum absolute atomic E-state index is 4.25. The molecule has 2 heterocycles. The van der Waals surface area contributed by atoms with Gasteiger partial charge in [-0.25, -0.2) is 9.97 Å². The number of rotatable bonds is 1. The predicted octanol–water partition coefficient (Wildman–Crippen LogP) is 4.15. The Kier molecular flexibility index (Phi) is 4.21. The lowest BCUT2D eigenvalue weighted by Gasteiger charge is -1.95. The fourth-order valence-electron chi connectivity index (χ4n) is 1.28. The molecule has 0 aliphatic rings. The molecule has 82 valence electrons. The van der Waals surface area contributed by atoms with Crippen molar-refractivity contribution < 1.29 is 0 Å². The third kappa shape index (κ3) is 2.53. The van der Waals surface area contributed by atoms with E-state index >= 15 is 0 Å². The summed E-state index contributed by atoms with van der Waals surface area (Å²) in [5.74, 6) is 0.582. The van der Waals surface area contributed by atoms with Crippen LogP contribution in [0.4, 0.5) is 0 Å². The van der Waals surface area contributed by atoms with Crippen LogP contribution in [-0.2, 0) is 0 Å². The molecule has 0 radical (unpaired) electrons. The molecular weight excluding hydrogens is 204 g/mol. The van der Waals surface area contributed by atoms with E-state index in [4.69, 9.17) is 0 Å². The van der Waals surface area contributed by atoms with Crippen LogP contribution in [0, 0.1) is 6.92 Å². The third-order valence-electron chi connectivity index (χ3n) is 2.12. The SMILES string of the molecule is CC.Cc1ncnc2sc(C(C)C)cc12. The van der Waals surface area contributed by atoms with Crippen LogP contribution in [0.3, 0.4) is 0 Å². The topological polar surface area (TPSA) is 25.8 Å². The fraction of sp³-hybridized carbons (Fsp3) is 0.500. The summed E-state index contributed by atoms with van der Waals surface area (Å²) in [5.41, 5.74) is 1.08. The van der Waals surface area contributed by atoms with Crippen LogP contribution < -0.4 is 0 Å². The van der Waals surface area contributed by atoms with Crippen LogP contribution in [0.25, 0.3) is 10.2 Å². The largest absolute Gasteiger partial charge is 0.241 e. The molecule has 0 N–H and O–H groups in total. The number of hydrogen-bond acceptors (Lipinski definition) is 3. The van der Waals surface area contributed by atoms with E-state index in [0.717, 1.165) is 10.5 Å². The second-order valence-corrected chi connectivity index (χ2v) is 4.54. The van der Waals surface area contributed by atoms with E-state index in [1.807, 2.05) is 20.8 Å². The molecule has 0 spiro atoms. The molecule has 3 heteroatoms. The first-order chi connectivity index (χ1) is 7.18. The van der Waals surface area contributed by atoms with E-state index in [2.05, 4.69) is 29.9 Å². The van der Waals surface area contributed by atoms with Crippen molar-refractivity contribution in [3.63, 3.8) is 0 Å². The van der Waals surface area contributed by atoms with Crippen molar-refractivity contribution in [2.24, 2.45) is 0 Å². The van der Waals surface area contributed by atoms with Crippen molar-refractivity contribution in [2.45, 2.75) is 40.5 Å². The van der Waals surface area contributed by atoms with Gasteiger partial charge >= 0.3 is 0 Å². The third-order valence-corrected chi connectivity index (χ3v) is 3.46. The first-order valence-electron chi connectivity index (χ1n) is 5.39. The maximum Gasteiger partial charge on any atom is 0.127 e. The van der Waals surface area contributed by atoms with Gasteiger partial charge in [0.1, 0.15) is 11.2 Å². The zero-order valence-electron chi connectivity index (χ0n) is 10.0. The van der Waals surface area contributed by atoms with Gasteiger partial charge in [0.05, 0.1) is 0 Å². The molecule has 0 bridgehead atoms. The summed E-state index contributed by atoms with van der Waals surface area (Å²) in [5, 5.41) is 1.20. The Hall–Kier alpha value is -0.960. The highest BCUT2D eigenvalue weighted by Gasteiger charge is 2.07. The Labute approximate surface area is 95.4 Å². The minimum Gasteiger partial charge on any atom is -0.241 e. The van der Waals surface area contributed by atoms with Crippen LogP contribution in [-0.4, -0.2) is 9.97 Å². The highest BCUT2D eigenvalue weighted by Crippen LogP contribution is 2.29. The lowest BCUT2D eigenvalue weighted by molar-refractivity contribution is 0.890. The second-order valence-electron chi connectivity index (χ2n) is 3.48. The maximum atomic E-state index is 4.25. The first kappa shape index (κ1) is 12.1. The van der Waals surface area contributed by atoms with Crippen LogP contribution in [0.5, 0.6) is 0 Å². The number of aromatic nitrogens is 2. The van der Waals surface area contributed by atoms with E-state index in [1.54, 1.807) is 17.7 Å². The second kappa shape index (κ2) is 5.21. The molecular formula is C12H18N2S. The lowest BCUT2D eigenvalue weighted by Crippen LogP contribution is -1.81. The summed E-state index contributed by atoms with van der Waals surface area (Å²) in [4.78, 5) is 10.9. The zero-order chi connectivity index (χ0) is 11.4. The summed E-state index contributed by atoms with van der Waals surface area (Å²) in [6.45, 7) is 10.4. The molecule has 15 heavy (non-hydrogen) atoms. The summed E-state index contributed by atoms with van der Waals surface area (Å²) in [7, 11) is 0. The Balaban J connectivity index is 0.000000531. The van der Waals surface area contributed by atoms with Gasteiger partial charge < -0.3 is 0 Å². The van der Waals surface area contributed by atoms with Crippen LogP contribution in [0.15, 0.2) is 12.4 Å². The summed E-state index contributed by atoms with van der Waals surface area (Å²) in [6, 6.07) is 2.21. The van der Waals surface area contributed by atoms with Crippen molar-refractivity contribution in [2.75, 3.05) is 0 Å². The van der Waals surface area contributed by atoms with Crippen LogP contribution >= 0.6 is 11.3 Å². The molecule has 0 saturated heterocycles. The fourth-order valence-corrected chi connectivity index (χ4v) is 2.33. The van der Waals surface area contributed by atoms with E-state index in [-0.39, 0.29) is 0 Å². The molecule has 2 rings (SSSR count). The van der Waals surface area contributed by atoms with Gasteiger partial charge in [-0.05, 0) is 18.9 Å². The van der Waals surface area contributed by atoms with Gasteiger partial charge in [0.15, 0.2) is 0 Å². The van der Waals surface area contributed by atoms with Gasteiger partial charge in [-0.2, -0.15) is 0 Å². The molecule has 2 nitrogen and oxygen atoms in total. The van der Waals surface area contributed by atoms with Crippen molar-refractivity contribution in [3.05, 3.63) is 23.0 Å². The highest BCUT2D eigenvalue weighted by atomic mass is 32.1. The Morgan fingerprint density at radius 3 is 2.40 bits per heavy atom. The Morgan fingerprint density at radius 2 is 1.87 bits per heavy atom. The molecule has 2 aromatic heterocycles. The predicted molar refractivity (Wildman–Crippen MR) is 67.6 cm³/mol. The smallest absolute Gasteiger partial charge is 0.127 e. The average molecular weight is 222 g/mol. The molecule has 0 unspecified atom stereocenters. The minimum absolute atomic E-state index is 0.582. The van der Waals surface area contributed by atoms with E-state index < -0.39 is 0 Å². The monoisotopic (exact) mass is 222 g/mol. The highest BCUT2D eigenvalue weighted by molar-refractivity contribution is 7.18. The summed E-state index contributed by atoms with van der Waals surface area (Å²) >= 11 is 1.77. The number of aryl methyl sites for hydroxylation is 1. The van der Waals surface area contributed by atoms with Gasteiger partial charge in [-0.3, -0.25) is 0 Å². The quantitative estimate of drug-likeness (QED) is 0.724. The molecule has 0 fully saturated rings. The summed E-state index contributed by atoms with van der Waals surface area (Å²) < 4.78 is 0. The van der Waals surface area contributed by atoms with Gasteiger partial charge in [0, 0.05) is 16.0 Å². The molecule has 0 aliphatic carbocycles. The number of fused-ring (bicyclic) bond motifs is 1. The van der Waals surface area contributed by atoms with Crippen LogP contribution in [0.2, 0.25) is 0 Å². The zero-order valence-corrected chi connectivity index (χ0v) is 10.9. The molecule has 2 aromatic rings. The van der Waals surface area contributed by atoms with Crippen molar-refractivity contribution >= 4 is 21.6 Å². The number of hydrogen-bond donors (Lipinski definition) is 0. The van der Waals surface area contributed by atoms with Gasteiger partial charge in [-0.1, -0.05) is 27.7 Å². The average Bonchev–Trinajstić information content (AvgIpc) is 2.66. The number of thiophene rings is 1. The standard InChI is InChI=1S/C10H12N2S.C2H6/c1-6(2)9-4-8-7(3)11-5-12-10(8)13-9;1-2/h4-6H,1-3H3;1-2H3. The molecule has 0 amide bonds. The summed E-state index contributed by atoms with van der Waals surface area (Å²) in [6.07, 6.45) is 1.64. The first-order valence-corrected chi connectivity index (χ1v) is 6.21. The van der Waals surface area contributed by atoms with Gasteiger partial charge in [0.25, 0.3) is 0 Å². The molecule has 0 saturated carbocycles. The van der Waals surface area contributed by atoms with E-state index in [9.17, 15) is 0 Å². The lowest BCUT2D eigenvalue weighted by atomic mass is 10.1. The van der Waals surface area contributed by atoms with Gasteiger partial charge in [0.2, 0.25) is 0 Å². The molecule has 0 aliphatic heterocycles.